The molecule has 0 aliphatic carbocycles. The molecule has 0 unspecified atom stereocenters. The highest BCUT2D eigenvalue weighted by molar-refractivity contribution is 5.36. The first-order valence-corrected chi connectivity index (χ1v) is 5.22. The molecule has 2 N–H and O–H groups in total. The van der Waals surface area contributed by atoms with Gasteiger partial charge >= 0.3 is 0 Å². The largest absolute Gasteiger partial charge is 0.497 e. The van der Waals surface area contributed by atoms with E-state index < -0.39 is 0 Å². The van der Waals surface area contributed by atoms with Gasteiger partial charge in [-0.2, -0.15) is 5.10 Å². The Hall–Kier alpha value is -2.04. The van der Waals surface area contributed by atoms with Gasteiger partial charge < -0.3 is 10.5 Å². The molecule has 0 aliphatic rings. The van der Waals surface area contributed by atoms with Crippen molar-refractivity contribution >= 4 is 5.82 Å². The van der Waals surface area contributed by atoms with Gasteiger partial charge in [0.1, 0.15) is 17.4 Å². The second kappa shape index (κ2) is 4.45. The summed E-state index contributed by atoms with van der Waals surface area (Å²) >= 11 is 0. The Morgan fingerprint density at radius 2 is 2.24 bits per heavy atom. The highest BCUT2D eigenvalue weighted by atomic mass is 19.1. The summed E-state index contributed by atoms with van der Waals surface area (Å²) < 4.78 is 20.2. The number of nitrogens with two attached hydrogens (primary N) is 1. The normalized spacial score (nSPS) is 10.5. The number of ether oxygens (including phenoxy) is 1. The van der Waals surface area contributed by atoms with Crippen LogP contribution in [0.1, 0.15) is 11.1 Å². The Bertz CT molecular complexity index is 517. The minimum atomic E-state index is -0.309. The first kappa shape index (κ1) is 11.4. The number of hydrogen-bond donors (Lipinski definition) is 1. The van der Waals surface area contributed by atoms with E-state index in [1.54, 1.807) is 23.0 Å². The van der Waals surface area contributed by atoms with E-state index in [-0.39, 0.29) is 5.82 Å². The highest BCUT2D eigenvalue weighted by Crippen LogP contribution is 2.17. The van der Waals surface area contributed by atoms with Gasteiger partial charge in [-0.05, 0) is 13.0 Å². The van der Waals surface area contributed by atoms with Crippen molar-refractivity contribution < 1.29 is 9.13 Å². The van der Waals surface area contributed by atoms with Crippen molar-refractivity contribution in [2.45, 2.75) is 13.5 Å². The third kappa shape index (κ3) is 2.38. The summed E-state index contributed by atoms with van der Waals surface area (Å²) in [6.45, 7) is 2.22. The molecule has 0 fully saturated rings. The molecule has 2 aromatic rings. The smallest absolute Gasteiger partial charge is 0.148 e. The Morgan fingerprint density at radius 3 is 2.76 bits per heavy atom. The lowest BCUT2D eigenvalue weighted by Gasteiger charge is -2.05. The van der Waals surface area contributed by atoms with E-state index in [0.29, 0.717) is 23.7 Å². The van der Waals surface area contributed by atoms with E-state index in [2.05, 4.69) is 5.10 Å². The number of nitrogens with zero attached hydrogens (tertiary/aromatic N) is 2. The molecule has 1 aromatic carbocycles. The molecule has 1 heterocycles. The number of halogens is 1. The third-order valence-electron chi connectivity index (χ3n) is 2.58. The number of nitrogen functional groups attached to an aromatic ring is 1. The van der Waals surface area contributed by atoms with Gasteiger partial charge in [0.25, 0.3) is 0 Å². The average Bonchev–Trinajstić information content (AvgIpc) is 2.61. The van der Waals surface area contributed by atoms with Crippen molar-refractivity contribution in [1.82, 2.24) is 9.78 Å². The third-order valence-corrected chi connectivity index (χ3v) is 2.58. The number of benzene rings is 1. The number of hydrogen-bond acceptors (Lipinski definition) is 3. The van der Waals surface area contributed by atoms with Gasteiger partial charge in [0, 0.05) is 23.4 Å². The Balaban J connectivity index is 2.24. The van der Waals surface area contributed by atoms with Crippen LogP contribution in [0.5, 0.6) is 5.75 Å². The van der Waals surface area contributed by atoms with E-state index in [4.69, 9.17) is 10.5 Å². The van der Waals surface area contributed by atoms with Crippen LogP contribution in [-0.4, -0.2) is 16.9 Å². The van der Waals surface area contributed by atoms with Crippen molar-refractivity contribution in [2.75, 3.05) is 12.8 Å². The van der Waals surface area contributed by atoms with Crippen molar-refractivity contribution in [1.29, 1.82) is 0 Å². The standard InChI is InChI=1S/C12H14FN3O/c1-8-6-16(15-12(8)14)7-9-3-4-10(17-2)5-11(9)13/h3-6H,7H2,1-2H3,(H2,14,15). The van der Waals surface area contributed by atoms with Crippen LogP contribution in [0.2, 0.25) is 0 Å². The van der Waals surface area contributed by atoms with Crippen LogP contribution in [0, 0.1) is 12.7 Å². The van der Waals surface area contributed by atoms with E-state index >= 15 is 0 Å². The molecule has 90 valence electrons. The van der Waals surface area contributed by atoms with E-state index in [1.165, 1.54) is 13.2 Å². The second-order valence-electron chi connectivity index (χ2n) is 3.85. The van der Waals surface area contributed by atoms with E-state index in [0.717, 1.165) is 5.56 Å². The van der Waals surface area contributed by atoms with Crippen molar-refractivity contribution in [2.24, 2.45) is 0 Å². The first-order chi connectivity index (χ1) is 8.10. The predicted molar refractivity (Wildman–Crippen MR) is 63.4 cm³/mol. The quantitative estimate of drug-likeness (QED) is 0.884. The molecule has 0 saturated carbocycles. The van der Waals surface area contributed by atoms with Gasteiger partial charge in [-0.15, -0.1) is 0 Å². The molecule has 1 aromatic heterocycles. The van der Waals surface area contributed by atoms with Crippen LogP contribution in [0.15, 0.2) is 24.4 Å². The van der Waals surface area contributed by atoms with Gasteiger partial charge in [0.05, 0.1) is 13.7 Å². The lowest BCUT2D eigenvalue weighted by Crippen LogP contribution is -2.03. The molecule has 0 spiro atoms. The fraction of sp³-hybridized carbons (Fsp3) is 0.250. The lowest BCUT2D eigenvalue weighted by atomic mass is 10.2. The fourth-order valence-electron chi connectivity index (χ4n) is 1.57. The molecule has 0 amide bonds. The Labute approximate surface area is 98.8 Å². The van der Waals surface area contributed by atoms with Crippen LogP contribution >= 0.6 is 0 Å². The second-order valence-corrected chi connectivity index (χ2v) is 3.85. The van der Waals surface area contributed by atoms with Gasteiger partial charge in [0.15, 0.2) is 0 Å². The molecular weight excluding hydrogens is 221 g/mol. The van der Waals surface area contributed by atoms with Crippen molar-refractivity contribution in [3.63, 3.8) is 0 Å². The lowest BCUT2D eigenvalue weighted by molar-refractivity contribution is 0.410. The zero-order valence-corrected chi connectivity index (χ0v) is 9.77. The summed E-state index contributed by atoms with van der Waals surface area (Å²) in [5.41, 5.74) is 7.07. The maximum Gasteiger partial charge on any atom is 0.148 e. The number of rotatable bonds is 3. The summed E-state index contributed by atoms with van der Waals surface area (Å²) in [6.07, 6.45) is 1.79. The summed E-state index contributed by atoms with van der Waals surface area (Å²) in [4.78, 5) is 0. The minimum absolute atomic E-state index is 0.309. The summed E-state index contributed by atoms with van der Waals surface area (Å²) in [7, 11) is 1.51. The van der Waals surface area contributed by atoms with Crippen LogP contribution in [0.4, 0.5) is 10.2 Å². The molecule has 0 radical (unpaired) electrons. The average molecular weight is 235 g/mol. The van der Waals surface area contributed by atoms with Crippen LogP contribution in [-0.2, 0) is 6.54 Å². The Morgan fingerprint density at radius 1 is 1.47 bits per heavy atom. The van der Waals surface area contributed by atoms with Gasteiger partial charge in [-0.1, -0.05) is 6.07 Å². The molecule has 17 heavy (non-hydrogen) atoms. The van der Waals surface area contributed by atoms with Crippen molar-refractivity contribution in [3.05, 3.63) is 41.3 Å². The number of anilines is 1. The van der Waals surface area contributed by atoms with E-state index in [1.807, 2.05) is 6.92 Å². The number of methoxy groups -OCH3 is 1. The summed E-state index contributed by atoms with van der Waals surface area (Å²) in [6, 6.07) is 4.76. The topological polar surface area (TPSA) is 53.1 Å². The highest BCUT2D eigenvalue weighted by Gasteiger charge is 2.07. The van der Waals surface area contributed by atoms with Crippen LogP contribution in [0.3, 0.4) is 0 Å². The molecule has 0 aliphatic heterocycles. The maximum absolute atomic E-state index is 13.7. The van der Waals surface area contributed by atoms with Gasteiger partial charge in [0.2, 0.25) is 0 Å². The predicted octanol–water partition coefficient (Wildman–Crippen LogP) is 1.97. The van der Waals surface area contributed by atoms with Crippen LogP contribution < -0.4 is 10.5 Å². The molecule has 0 saturated heterocycles. The number of aromatic nitrogens is 2. The van der Waals surface area contributed by atoms with Gasteiger partial charge in [-0.3, -0.25) is 4.68 Å². The fourth-order valence-corrected chi connectivity index (χ4v) is 1.57. The first-order valence-electron chi connectivity index (χ1n) is 5.22. The zero-order chi connectivity index (χ0) is 12.4. The molecular formula is C12H14FN3O. The van der Waals surface area contributed by atoms with Crippen molar-refractivity contribution in [3.8, 4) is 5.75 Å². The summed E-state index contributed by atoms with van der Waals surface area (Å²) in [5.74, 6) is 0.664. The molecule has 0 bridgehead atoms. The van der Waals surface area contributed by atoms with Gasteiger partial charge in [-0.25, -0.2) is 4.39 Å². The van der Waals surface area contributed by atoms with E-state index in [9.17, 15) is 4.39 Å². The SMILES string of the molecule is COc1ccc(Cn2cc(C)c(N)n2)c(F)c1. The minimum Gasteiger partial charge on any atom is -0.497 e. The number of aryl methyl sites for hydroxylation is 1. The monoisotopic (exact) mass is 235 g/mol. The molecule has 5 heteroatoms. The summed E-state index contributed by atoms with van der Waals surface area (Å²) in [5, 5.41) is 4.09. The zero-order valence-electron chi connectivity index (χ0n) is 9.77. The molecule has 4 nitrogen and oxygen atoms in total. The van der Waals surface area contributed by atoms with Crippen LogP contribution in [0.25, 0.3) is 0 Å². The Kier molecular flexibility index (Phi) is 2.99. The molecule has 0 atom stereocenters. The maximum atomic E-state index is 13.7. The molecule has 2 rings (SSSR count).